The molecule has 0 aliphatic heterocycles. The fourth-order valence-electron chi connectivity index (χ4n) is 2.01. The van der Waals surface area contributed by atoms with E-state index in [-0.39, 0.29) is 0 Å². The Morgan fingerprint density at radius 2 is 1.72 bits per heavy atom. The first-order valence-electron chi connectivity index (χ1n) is 6.21. The molecule has 0 amide bonds. The molecule has 0 saturated carbocycles. The highest BCUT2D eigenvalue weighted by molar-refractivity contribution is 9.10. The molecule has 0 heterocycles. The van der Waals surface area contributed by atoms with E-state index in [2.05, 4.69) is 77.6 Å². The predicted molar refractivity (Wildman–Crippen MR) is 80.6 cm³/mol. The Morgan fingerprint density at radius 1 is 1.06 bits per heavy atom. The van der Waals surface area contributed by atoms with Crippen molar-refractivity contribution in [2.45, 2.75) is 26.4 Å². The molecule has 0 radical (unpaired) electrons. The van der Waals surface area contributed by atoms with Crippen molar-refractivity contribution in [1.82, 2.24) is 5.32 Å². The summed E-state index contributed by atoms with van der Waals surface area (Å²) in [5.74, 6) is 0. The van der Waals surface area contributed by atoms with Crippen LogP contribution < -0.4 is 5.32 Å². The highest BCUT2D eigenvalue weighted by Crippen LogP contribution is 2.23. The number of hydrogen-bond acceptors (Lipinski definition) is 1. The Bertz CT molecular complexity index is 522. The summed E-state index contributed by atoms with van der Waals surface area (Å²) in [7, 11) is 0. The summed E-state index contributed by atoms with van der Waals surface area (Å²) in [5.41, 5.74) is 3.99. The quantitative estimate of drug-likeness (QED) is 0.870. The SMILES string of the molecule is Cc1ccccc1CN[C@@H](C)c1ccccc1Br. The van der Waals surface area contributed by atoms with Crippen LogP contribution in [-0.4, -0.2) is 0 Å². The summed E-state index contributed by atoms with van der Waals surface area (Å²) >= 11 is 3.60. The zero-order chi connectivity index (χ0) is 13.0. The van der Waals surface area contributed by atoms with Crippen LogP contribution >= 0.6 is 15.9 Å². The molecular weight excluding hydrogens is 286 g/mol. The van der Waals surface area contributed by atoms with Gasteiger partial charge in [0.15, 0.2) is 0 Å². The second-order valence-electron chi connectivity index (χ2n) is 4.55. The molecule has 1 N–H and O–H groups in total. The lowest BCUT2D eigenvalue weighted by atomic mass is 10.1. The molecule has 2 aromatic carbocycles. The van der Waals surface area contributed by atoms with Gasteiger partial charge in [0.2, 0.25) is 0 Å². The van der Waals surface area contributed by atoms with Gasteiger partial charge in [0, 0.05) is 17.1 Å². The molecule has 94 valence electrons. The molecule has 0 bridgehead atoms. The van der Waals surface area contributed by atoms with Gasteiger partial charge in [-0.05, 0) is 36.6 Å². The Kier molecular flexibility index (Phi) is 4.56. The van der Waals surface area contributed by atoms with E-state index in [9.17, 15) is 0 Å². The van der Waals surface area contributed by atoms with Crippen LogP contribution in [0.15, 0.2) is 53.0 Å². The van der Waals surface area contributed by atoms with E-state index in [4.69, 9.17) is 0 Å². The number of halogens is 1. The van der Waals surface area contributed by atoms with Gasteiger partial charge >= 0.3 is 0 Å². The Balaban J connectivity index is 2.03. The van der Waals surface area contributed by atoms with Crippen LogP contribution in [0.5, 0.6) is 0 Å². The third-order valence-electron chi connectivity index (χ3n) is 3.23. The zero-order valence-corrected chi connectivity index (χ0v) is 12.4. The van der Waals surface area contributed by atoms with Crippen molar-refractivity contribution in [2.24, 2.45) is 0 Å². The zero-order valence-electron chi connectivity index (χ0n) is 10.8. The van der Waals surface area contributed by atoms with Gasteiger partial charge in [-0.15, -0.1) is 0 Å². The summed E-state index contributed by atoms with van der Waals surface area (Å²) in [6, 6.07) is 17.2. The Hall–Kier alpha value is -1.12. The molecular formula is C16H18BrN. The molecule has 0 unspecified atom stereocenters. The van der Waals surface area contributed by atoms with Gasteiger partial charge in [0.1, 0.15) is 0 Å². The van der Waals surface area contributed by atoms with Crippen molar-refractivity contribution in [1.29, 1.82) is 0 Å². The minimum absolute atomic E-state index is 0.334. The maximum Gasteiger partial charge on any atom is 0.0306 e. The first-order valence-corrected chi connectivity index (χ1v) is 7.00. The summed E-state index contributed by atoms with van der Waals surface area (Å²) in [6.45, 7) is 5.24. The Labute approximate surface area is 117 Å². The average Bonchev–Trinajstić information content (AvgIpc) is 2.38. The van der Waals surface area contributed by atoms with Crippen molar-refractivity contribution in [3.05, 3.63) is 69.7 Å². The molecule has 0 aliphatic rings. The third-order valence-corrected chi connectivity index (χ3v) is 3.95. The van der Waals surface area contributed by atoms with Crippen LogP contribution in [0.4, 0.5) is 0 Å². The molecule has 0 fully saturated rings. The number of nitrogens with one attached hydrogen (secondary N) is 1. The third kappa shape index (κ3) is 3.21. The van der Waals surface area contributed by atoms with Crippen LogP contribution in [0.2, 0.25) is 0 Å². The van der Waals surface area contributed by atoms with Gasteiger partial charge in [0.25, 0.3) is 0 Å². The van der Waals surface area contributed by atoms with Crippen LogP contribution in [0.25, 0.3) is 0 Å². The van der Waals surface area contributed by atoms with Gasteiger partial charge < -0.3 is 5.32 Å². The lowest BCUT2D eigenvalue weighted by Gasteiger charge is -2.16. The normalized spacial score (nSPS) is 12.4. The van der Waals surface area contributed by atoms with E-state index in [1.54, 1.807) is 0 Å². The van der Waals surface area contributed by atoms with E-state index >= 15 is 0 Å². The smallest absolute Gasteiger partial charge is 0.0306 e. The first kappa shape index (κ1) is 13.3. The van der Waals surface area contributed by atoms with Crippen molar-refractivity contribution < 1.29 is 0 Å². The molecule has 0 saturated heterocycles. The standard InChI is InChI=1S/C16H18BrN/c1-12-7-3-4-8-14(12)11-18-13(2)15-9-5-6-10-16(15)17/h3-10,13,18H,11H2,1-2H3/t13-/m0/s1. The lowest BCUT2D eigenvalue weighted by Crippen LogP contribution is -2.18. The first-order chi connectivity index (χ1) is 8.68. The summed E-state index contributed by atoms with van der Waals surface area (Å²) in [4.78, 5) is 0. The maximum absolute atomic E-state index is 3.60. The molecule has 0 aromatic heterocycles. The van der Waals surface area contributed by atoms with Gasteiger partial charge in [0.05, 0.1) is 0 Å². The second-order valence-corrected chi connectivity index (χ2v) is 5.40. The fourth-order valence-corrected chi connectivity index (χ4v) is 2.64. The number of rotatable bonds is 4. The summed E-state index contributed by atoms with van der Waals surface area (Å²) < 4.78 is 1.16. The second kappa shape index (κ2) is 6.17. The van der Waals surface area contributed by atoms with E-state index in [0.29, 0.717) is 6.04 Å². The highest BCUT2D eigenvalue weighted by atomic mass is 79.9. The van der Waals surface area contributed by atoms with Crippen LogP contribution in [0.3, 0.4) is 0 Å². The molecule has 0 aliphatic carbocycles. The fraction of sp³-hybridized carbons (Fsp3) is 0.250. The van der Waals surface area contributed by atoms with E-state index in [1.807, 2.05) is 6.07 Å². The van der Waals surface area contributed by atoms with Gasteiger partial charge in [-0.2, -0.15) is 0 Å². The van der Waals surface area contributed by atoms with Crippen molar-refractivity contribution in [2.75, 3.05) is 0 Å². The number of aryl methyl sites for hydroxylation is 1. The molecule has 2 rings (SSSR count). The van der Waals surface area contributed by atoms with Gasteiger partial charge in [-0.25, -0.2) is 0 Å². The maximum atomic E-state index is 3.60. The topological polar surface area (TPSA) is 12.0 Å². The molecule has 2 aromatic rings. The largest absolute Gasteiger partial charge is 0.306 e. The highest BCUT2D eigenvalue weighted by Gasteiger charge is 2.08. The molecule has 0 spiro atoms. The number of hydrogen-bond donors (Lipinski definition) is 1. The monoisotopic (exact) mass is 303 g/mol. The van der Waals surface area contributed by atoms with Gasteiger partial charge in [-0.3, -0.25) is 0 Å². The average molecular weight is 304 g/mol. The minimum atomic E-state index is 0.334. The van der Waals surface area contributed by atoms with E-state index in [0.717, 1.165) is 11.0 Å². The van der Waals surface area contributed by atoms with Crippen LogP contribution in [0, 0.1) is 6.92 Å². The van der Waals surface area contributed by atoms with Crippen molar-refractivity contribution in [3.8, 4) is 0 Å². The van der Waals surface area contributed by atoms with Crippen LogP contribution in [-0.2, 0) is 6.54 Å². The minimum Gasteiger partial charge on any atom is -0.306 e. The predicted octanol–water partition coefficient (Wildman–Crippen LogP) is 4.61. The lowest BCUT2D eigenvalue weighted by molar-refractivity contribution is 0.571. The van der Waals surface area contributed by atoms with Gasteiger partial charge in [-0.1, -0.05) is 58.4 Å². The summed E-state index contributed by atoms with van der Waals surface area (Å²) in [6.07, 6.45) is 0. The van der Waals surface area contributed by atoms with Crippen molar-refractivity contribution in [3.63, 3.8) is 0 Å². The van der Waals surface area contributed by atoms with E-state index < -0.39 is 0 Å². The number of benzene rings is 2. The van der Waals surface area contributed by atoms with Crippen molar-refractivity contribution >= 4 is 15.9 Å². The van der Waals surface area contributed by atoms with E-state index in [1.165, 1.54) is 16.7 Å². The Morgan fingerprint density at radius 3 is 2.44 bits per heavy atom. The summed E-state index contributed by atoms with van der Waals surface area (Å²) in [5, 5.41) is 3.57. The molecule has 1 nitrogen and oxygen atoms in total. The molecule has 2 heteroatoms. The molecule has 1 atom stereocenters. The van der Waals surface area contributed by atoms with Crippen LogP contribution in [0.1, 0.15) is 29.7 Å². The molecule has 18 heavy (non-hydrogen) atoms.